The molecule has 1 saturated carbocycles. The van der Waals surface area contributed by atoms with E-state index in [4.69, 9.17) is 0 Å². The van der Waals surface area contributed by atoms with Crippen molar-refractivity contribution in [2.75, 3.05) is 25.5 Å². The molecule has 2 aliphatic rings. The minimum absolute atomic E-state index is 0.140. The summed E-state index contributed by atoms with van der Waals surface area (Å²) in [7, 11) is 4.05. The lowest BCUT2D eigenvalue weighted by atomic mass is 10.0. The first kappa shape index (κ1) is 15.2. The number of carbonyl (C=O) groups excluding carboxylic acids is 1. The second-order valence-corrected chi connectivity index (χ2v) is 7.11. The molecular weight excluding hydrogens is 298 g/mol. The standard InChI is InChI=1S/C20H23N3O/c1-22(2)18-7-5-14(6-8-18)16-10-17(13-21-12-16)20(24)23-9-3-4-15-11-19(15)23/h5-8,10,12-13,15,19H,3-4,9,11H2,1-2H3. The maximum Gasteiger partial charge on any atom is 0.255 e. The quantitative estimate of drug-likeness (QED) is 0.869. The second kappa shape index (κ2) is 5.93. The third-order valence-corrected chi connectivity index (χ3v) is 5.22. The number of benzene rings is 1. The van der Waals surface area contributed by atoms with E-state index in [0.29, 0.717) is 11.6 Å². The van der Waals surface area contributed by atoms with Gasteiger partial charge in [0.1, 0.15) is 0 Å². The lowest BCUT2D eigenvalue weighted by molar-refractivity contribution is 0.0706. The fourth-order valence-electron chi connectivity index (χ4n) is 3.70. The third kappa shape index (κ3) is 2.77. The Morgan fingerprint density at radius 3 is 2.71 bits per heavy atom. The van der Waals surface area contributed by atoms with Crippen LogP contribution in [0.4, 0.5) is 5.69 Å². The van der Waals surface area contributed by atoms with Crippen LogP contribution in [-0.4, -0.2) is 42.5 Å². The van der Waals surface area contributed by atoms with Crippen LogP contribution >= 0.6 is 0 Å². The van der Waals surface area contributed by atoms with Crippen molar-refractivity contribution in [2.45, 2.75) is 25.3 Å². The Labute approximate surface area is 143 Å². The van der Waals surface area contributed by atoms with Gasteiger partial charge < -0.3 is 9.80 Å². The van der Waals surface area contributed by atoms with Gasteiger partial charge >= 0.3 is 0 Å². The fraction of sp³-hybridized carbons (Fsp3) is 0.400. The molecule has 0 spiro atoms. The lowest BCUT2D eigenvalue weighted by Gasteiger charge is -2.26. The molecule has 2 heterocycles. The molecule has 124 valence electrons. The van der Waals surface area contributed by atoms with Gasteiger partial charge in [0.15, 0.2) is 0 Å². The van der Waals surface area contributed by atoms with Crippen LogP contribution in [0.1, 0.15) is 29.6 Å². The molecule has 0 radical (unpaired) electrons. The number of likely N-dealkylation sites (tertiary alicyclic amines) is 1. The van der Waals surface area contributed by atoms with Crippen molar-refractivity contribution in [3.05, 3.63) is 48.3 Å². The van der Waals surface area contributed by atoms with Gasteiger partial charge in [0.2, 0.25) is 0 Å². The summed E-state index contributed by atoms with van der Waals surface area (Å²) in [6.07, 6.45) is 7.13. The monoisotopic (exact) mass is 321 g/mol. The van der Waals surface area contributed by atoms with E-state index >= 15 is 0 Å². The van der Waals surface area contributed by atoms with Crippen molar-refractivity contribution in [1.82, 2.24) is 9.88 Å². The van der Waals surface area contributed by atoms with Gasteiger partial charge in [0.25, 0.3) is 5.91 Å². The summed E-state index contributed by atoms with van der Waals surface area (Å²) in [6.45, 7) is 0.891. The summed E-state index contributed by atoms with van der Waals surface area (Å²) >= 11 is 0. The summed E-state index contributed by atoms with van der Waals surface area (Å²) in [5, 5.41) is 0. The minimum atomic E-state index is 0.140. The maximum atomic E-state index is 12.8. The molecule has 2 unspecified atom stereocenters. The Balaban J connectivity index is 1.58. The second-order valence-electron chi connectivity index (χ2n) is 7.11. The molecule has 24 heavy (non-hydrogen) atoms. The SMILES string of the molecule is CN(C)c1ccc(-c2cncc(C(=O)N3CCCC4CC43)c2)cc1. The highest BCUT2D eigenvalue weighted by molar-refractivity contribution is 5.95. The molecule has 4 rings (SSSR count). The molecule has 0 bridgehead atoms. The average molecular weight is 321 g/mol. The zero-order valence-electron chi connectivity index (χ0n) is 14.3. The zero-order valence-corrected chi connectivity index (χ0v) is 14.3. The van der Waals surface area contributed by atoms with Crippen LogP contribution in [0.2, 0.25) is 0 Å². The highest BCUT2D eigenvalue weighted by Gasteiger charge is 2.46. The van der Waals surface area contributed by atoms with E-state index in [2.05, 4.69) is 39.0 Å². The predicted octanol–water partition coefficient (Wildman–Crippen LogP) is 3.44. The van der Waals surface area contributed by atoms with Crippen LogP contribution in [0.3, 0.4) is 0 Å². The first-order chi connectivity index (χ1) is 11.6. The van der Waals surface area contributed by atoms with Gasteiger partial charge in [-0.25, -0.2) is 0 Å². The Morgan fingerprint density at radius 2 is 1.96 bits per heavy atom. The number of fused-ring (bicyclic) bond motifs is 1. The van der Waals surface area contributed by atoms with Gasteiger partial charge in [0.05, 0.1) is 5.56 Å². The largest absolute Gasteiger partial charge is 0.378 e. The lowest BCUT2D eigenvalue weighted by Crippen LogP contribution is -2.37. The van der Waals surface area contributed by atoms with E-state index in [1.54, 1.807) is 6.20 Å². The number of nitrogens with zero attached hydrogens (tertiary/aromatic N) is 3. The summed E-state index contributed by atoms with van der Waals surface area (Å²) < 4.78 is 0. The van der Waals surface area contributed by atoms with Crippen LogP contribution in [0, 0.1) is 5.92 Å². The summed E-state index contributed by atoms with van der Waals surface area (Å²) in [5.41, 5.74) is 3.95. The molecule has 1 aliphatic carbocycles. The number of aromatic nitrogens is 1. The number of anilines is 1. The average Bonchev–Trinajstić information content (AvgIpc) is 3.41. The van der Waals surface area contributed by atoms with E-state index in [1.807, 2.05) is 26.4 Å². The maximum absolute atomic E-state index is 12.8. The number of pyridine rings is 1. The van der Waals surface area contributed by atoms with Crippen molar-refractivity contribution in [2.24, 2.45) is 5.92 Å². The molecule has 1 saturated heterocycles. The minimum Gasteiger partial charge on any atom is -0.378 e. The molecule has 0 N–H and O–H groups in total. The van der Waals surface area contributed by atoms with E-state index < -0.39 is 0 Å². The molecule has 2 aromatic rings. The van der Waals surface area contributed by atoms with Crippen molar-refractivity contribution in [3.8, 4) is 11.1 Å². The smallest absolute Gasteiger partial charge is 0.255 e. The Hall–Kier alpha value is -2.36. The number of rotatable bonds is 3. The number of amides is 1. The van der Waals surface area contributed by atoms with Gasteiger partial charge in [-0.05, 0) is 48.9 Å². The predicted molar refractivity (Wildman–Crippen MR) is 96.2 cm³/mol. The first-order valence-electron chi connectivity index (χ1n) is 8.67. The first-order valence-corrected chi connectivity index (χ1v) is 8.67. The summed E-state index contributed by atoms with van der Waals surface area (Å²) in [4.78, 5) is 21.3. The molecule has 4 heteroatoms. The van der Waals surface area contributed by atoms with Crippen molar-refractivity contribution >= 4 is 11.6 Å². The van der Waals surface area contributed by atoms with Crippen LogP contribution < -0.4 is 4.90 Å². The zero-order chi connectivity index (χ0) is 16.7. The number of hydrogen-bond acceptors (Lipinski definition) is 3. The van der Waals surface area contributed by atoms with Crippen molar-refractivity contribution in [1.29, 1.82) is 0 Å². The fourth-order valence-corrected chi connectivity index (χ4v) is 3.70. The Morgan fingerprint density at radius 1 is 1.17 bits per heavy atom. The normalized spacial score (nSPS) is 22.0. The van der Waals surface area contributed by atoms with Crippen LogP contribution in [-0.2, 0) is 0 Å². The molecule has 1 aromatic carbocycles. The number of hydrogen-bond donors (Lipinski definition) is 0. The van der Waals surface area contributed by atoms with Crippen molar-refractivity contribution in [3.63, 3.8) is 0 Å². The third-order valence-electron chi connectivity index (χ3n) is 5.22. The van der Waals surface area contributed by atoms with E-state index in [-0.39, 0.29) is 5.91 Å². The molecule has 2 atom stereocenters. The Kier molecular flexibility index (Phi) is 3.75. The van der Waals surface area contributed by atoms with Crippen LogP contribution in [0.25, 0.3) is 11.1 Å². The van der Waals surface area contributed by atoms with E-state index in [9.17, 15) is 4.79 Å². The van der Waals surface area contributed by atoms with Crippen LogP contribution in [0.5, 0.6) is 0 Å². The number of carbonyl (C=O) groups is 1. The molecule has 1 aromatic heterocycles. The number of piperidine rings is 1. The van der Waals surface area contributed by atoms with E-state index in [1.165, 1.54) is 12.8 Å². The van der Waals surface area contributed by atoms with E-state index in [0.717, 1.165) is 35.7 Å². The molecule has 1 aliphatic heterocycles. The van der Waals surface area contributed by atoms with Crippen molar-refractivity contribution < 1.29 is 4.79 Å². The molecular formula is C20H23N3O. The van der Waals surface area contributed by atoms with Crippen LogP contribution in [0.15, 0.2) is 42.7 Å². The summed E-state index contributed by atoms with van der Waals surface area (Å²) in [6, 6.07) is 10.8. The summed E-state index contributed by atoms with van der Waals surface area (Å²) in [5.74, 6) is 0.888. The highest BCUT2D eigenvalue weighted by Crippen LogP contribution is 2.43. The molecule has 2 fully saturated rings. The van der Waals surface area contributed by atoms with Gasteiger partial charge in [-0.3, -0.25) is 9.78 Å². The molecule has 1 amide bonds. The molecule has 4 nitrogen and oxygen atoms in total. The van der Waals surface area contributed by atoms with Gasteiger partial charge in [-0.1, -0.05) is 12.1 Å². The van der Waals surface area contributed by atoms with Gasteiger partial charge in [-0.15, -0.1) is 0 Å². The highest BCUT2D eigenvalue weighted by atomic mass is 16.2. The van der Waals surface area contributed by atoms with Gasteiger partial charge in [0, 0.05) is 50.3 Å². The topological polar surface area (TPSA) is 36.4 Å². The van der Waals surface area contributed by atoms with Gasteiger partial charge in [-0.2, -0.15) is 0 Å². The Bertz CT molecular complexity index is 754.